The minimum absolute atomic E-state index is 0.395. The lowest BCUT2D eigenvalue weighted by Crippen LogP contribution is -2.28. The zero-order valence-electron chi connectivity index (χ0n) is 12.4. The van der Waals surface area contributed by atoms with Crippen LogP contribution in [0, 0.1) is 5.92 Å². The maximum atomic E-state index is 12.2. The molecule has 1 heterocycles. The average Bonchev–Trinajstić information content (AvgIpc) is 2.89. The Morgan fingerprint density at radius 1 is 1.35 bits per heavy atom. The maximum Gasteiger partial charge on any atom is 0.250 e. The molecule has 4 nitrogen and oxygen atoms in total. The van der Waals surface area contributed by atoms with E-state index in [4.69, 9.17) is 5.73 Å². The van der Waals surface area contributed by atoms with E-state index in [1.165, 1.54) is 11.3 Å². The Morgan fingerprint density at radius 2 is 2.10 bits per heavy atom. The molecule has 0 radical (unpaired) electrons. The van der Waals surface area contributed by atoms with E-state index in [1.54, 1.807) is 6.07 Å². The summed E-state index contributed by atoms with van der Waals surface area (Å²) in [5.41, 5.74) is 5.48. The van der Waals surface area contributed by atoms with Gasteiger partial charge in [-0.05, 0) is 37.4 Å². The van der Waals surface area contributed by atoms with Crippen molar-refractivity contribution in [1.29, 1.82) is 0 Å². The summed E-state index contributed by atoms with van der Waals surface area (Å²) < 4.78 is 27.6. The molecule has 0 amide bonds. The van der Waals surface area contributed by atoms with E-state index < -0.39 is 10.0 Å². The van der Waals surface area contributed by atoms with E-state index in [-0.39, 0.29) is 0 Å². The third-order valence-electron chi connectivity index (χ3n) is 3.40. The zero-order valence-corrected chi connectivity index (χ0v) is 14.0. The second kappa shape index (κ2) is 8.77. The van der Waals surface area contributed by atoms with Gasteiger partial charge in [0.05, 0.1) is 0 Å². The lowest BCUT2D eigenvalue weighted by atomic mass is 10.00. The first kappa shape index (κ1) is 17.6. The summed E-state index contributed by atoms with van der Waals surface area (Å²) in [6.07, 6.45) is 5.12. The summed E-state index contributed by atoms with van der Waals surface area (Å²) in [6, 6.07) is 3.52. The fourth-order valence-corrected chi connectivity index (χ4v) is 4.55. The molecule has 0 fully saturated rings. The molecule has 0 saturated heterocycles. The van der Waals surface area contributed by atoms with Crippen LogP contribution in [-0.2, 0) is 16.4 Å². The smallest absolute Gasteiger partial charge is 0.250 e. The molecule has 0 bridgehead atoms. The molecule has 1 rings (SSSR count). The SMILES string of the molecule is CCCCC(CC)CNS(=O)(=O)c1ccc(CCN)s1. The minimum Gasteiger partial charge on any atom is -0.330 e. The van der Waals surface area contributed by atoms with Crippen LogP contribution >= 0.6 is 11.3 Å². The van der Waals surface area contributed by atoms with Gasteiger partial charge in [0, 0.05) is 11.4 Å². The average molecular weight is 319 g/mol. The standard InChI is InChI=1S/C14H26N2O2S2/c1-3-5-6-12(4-2)11-16-20(17,18)14-8-7-13(19-14)9-10-15/h7-8,12,16H,3-6,9-11,15H2,1-2H3. The van der Waals surface area contributed by atoms with Crippen LogP contribution in [0.15, 0.2) is 16.3 Å². The van der Waals surface area contributed by atoms with Gasteiger partial charge in [0.1, 0.15) is 4.21 Å². The van der Waals surface area contributed by atoms with Gasteiger partial charge >= 0.3 is 0 Å². The summed E-state index contributed by atoms with van der Waals surface area (Å²) in [7, 11) is -3.36. The van der Waals surface area contributed by atoms with Crippen LogP contribution < -0.4 is 10.5 Å². The van der Waals surface area contributed by atoms with E-state index in [0.29, 0.717) is 23.2 Å². The van der Waals surface area contributed by atoms with Crippen LogP contribution in [0.4, 0.5) is 0 Å². The Balaban J connectivity index is 2.59. The molecule has 6 heteroatoms. The number of hydrogen-bond donors (Lipinski definition) is 2. The van der Waals surface area contributed by atoms with E-state index in [9.17, 15) is 8.42 Å². The molecule has 3 N–H and O–H groups in total. The molecule has 0 aliphatic heterocycles. The highest BCUT2D eigenvalue weighted by Crippen LogP contribution is 2.22. The number of thiophene rings is 1. The first-order chi connectivity index (χ1) is 9.53. The number of unbranched alkanes of at least 4 members (excludes halogenated alkanes) is 1. The molecule has 0 aromatic carbocycles. The van der Waals surface area contributed by atoms with Crippen molar-refractivity contribution in [1.82, 2.24) is 4.72 Å². The Bertz CT molecular complexity index is 483. The molecule has 1 atom stereocenters. The number of nitrogens with two attached hydrogens (primary N) is 1. The molecule has 1 unspecified atom stereocenters. The van der Waals surface area contributed by atoms with Crippen LogP contribution in [0.25, 0.3) is 0 Å². The highest BCUT2D eigenvalue weighted by Gasteiger charge is 2.18. The fourth-order valence-electron chi connectivity index (χ4n) is 2.02. The molecule has 0 saturated carbocycles. The van der Waals surface area contributed by atoms with Gasteiger partial charge in [-0.25, -0.2) is 13.1 Å². The molecule has 0 spiro atoms. The summed E-state index contributed by atoms with van der Waals surface area (Å²) in [4.78, 5) is 1.02. The van der Waals surface area contributed by atoms with Gasteiger partial charge in [0.2, 0.25) is 10.0 Å². The highest BCUT2D eigenvalue weighted by molar-refractivity contribution is 7.91. The van der Waals surface area contributed by atoms with Crippen LogP contribution in [0.2, 0.25) is 0 Å². The molecule has 116 valence electrons. The normalized spacial score (nSPS) is 13.6. The van der Waals surface area contributed by atoms with Crippen molar-refractivity contribution in [3.63, 3.8) is 0 Å². The van der Waals surface area contributed by atoms with Gasteiger partial charge in [-0.3, -0.25) is 0 Å². The highest BCUT2D eigenvalue weighted by atomic mass is 32.2. The number of sulfonamides is 1. The number of hydrogen-bond acceptors (Lipinski definition) is 4. The Kier molecular flexibility index (Phi) is 7.72. The topological polar surface area (TPSA) is 72.2 Å². The molecule has 1 aromatic rings. The maximum absolute atomic E-state index is 12.2. The predicted molar refractivity (Wildman–Crippen MR) is 85.6 cm³/mol. The molecule has 0 aliphatic carbocycles. The quantitative estimate of drug-likeness (QED) is 0.697. The predicted octanol–water partition coefficient (Wildman–Crippen LogP) is 2.74. The molecule has 1 aromatic heterocycles. The zero-order chi connectivity index (χ0) is 15.0. The summed E-state index contributed by atoms with van der Waals surface area (Å²) in [6.45, 7) is 5.34. The summed E-state index contributed by atoms with van der Waals surface area (Å²) >= 11 is 1.31. The van der Waals surface area contributed by atoms with E-state index in [1.807, 2.05) is 6.07 Å². The van der Waals surface area contributed by atoms with Crippen LogP contribution in [0.3, 0.4) is 0 Å². The summed E-state index contributed by atoms with van der Waals surface area (Å²) in [5.74, 6) is 0.424. The number of rotatable bonds is 10. The van der Waals surface area contributed by atoms with Gasteiger partial charge < -0.3 is 5.73 Å². The Morgan fingerprint density at radius 3 is 2.70 bits per heavy atom. The third-order valence-corrected chi connectivity index (χ3v) is 6.46. The van der Waals surface area contributed by atoms with Crippen molar-refractivity contribution in [2.75, 3.05) is 13.1 Å². The lowest BCUT2D eigenvalue weighted by Gasteiger charge is -2.14. The lowest BCUT2D eigenvalue weighted by molar-refractivity contribution is 0.444. The monoisotopic (exact) mass is 318 g/mol. The first-order valence-electron chi connectivity index (χ1n) is 7.31. The first-order valence-corrected chi connectivity index (χ1v) is 9.61. The molecule has 20 heavy (non-hydrogen) atoms. The van der Waals surface area contributed by atoms with Crippen molar-refractivity contribution < 1.29 is 8.42 Å². The largest absolute Gasteiger partial charge is 0.330 e. The van der Waals surface area contributed by atoms with Crippen LogP contribution in [-0.4, -0.2) is 21.5 Å². The second-order valence-electron chi connectivity index (χ2n) is 5.03. The van der Waals surface area contributed by atoms with E-state index in [2.05, 4.69) is 18.6 Å². The van der Waals surface area contributed by atoms with Gasteiger partial charge in [-0.2, -0.15) is 0 Å². The van der Waals surface area contributed by atoms with Crippen molar-refractivity contribution in [3.8, 4) is 0 Å². The number of nitrogens with one attached hydrogen (secondary N) is 1. The molecular formula is C14H26N2O2S2. The van der Waals surface area contributed by atoms with Crippen molar-refractivity contribution in [2.24, 2.45) is 11.7 Å². The molecular weight excluding hydrogens is 292 g/mol. The van der Waals surface area contributed by atoms with Gasteiger partial charge in [-0.15, -0.1) is 11.3 Å². The van der Waals surface area contributed by atoms with Crippen LogP contribution in [0.1, 0.15) is 44.4 Å². The van der Waals surface area contributed by atoms with Crippen molar-refractivity contribution in [2.45, 2.75) is 50.2 Å². The third kappa shape index (κ3) is 5.52. The molecule has 0 aliphatic rings. The second-order valence-corrected chi connectivity index (χ2v) is 8.19. The van der Waals surface area contributed by atoms with E-state index >= 15 is 0 Å². The van der Waals surface area contributed by atoms with Gasteiger partial charge in [-0.1, -0.05) is 33.1 Å². The van der Waals surface area contributed by atoms with E-state index in [0.717, 1.165) is 37.0 Å². The minimum atomic E-state index is -3.36. The Hall–Kier alpha value is -0.430. The van der Waals surface area contributed by atoms with Gasteiger partial charge in [0.15, 0.2) is 0 Å². The summed E-state index contributed by atoms with van der Waals surface area (Å²) in [5, 5.41) is 0. The fraction of sp³-hybridized carbons (Fsp3) is 0.714. The van der Waals surface area contributed by atoms with Gasteiger partial charge in [0.25, 0.3) is 0 Å². The van der Waals surface area contributed by atoms with Crippen molar-refractivity contribution in [3.05, 3.63) is 17.0 Å². The Labute approximate surface area is 126 Å². The van der Waals surface area contributed by atoms with Crippen LogP contribution in [0.5, 0.6) is 0 Å². The van der Waals surface area contributed by atoms with Crippen molar-refractivity contribution >= 4 is 21.4 Å².